The van der Waals surface area contributed by atoms with Crippen LogP contribution in [0.4, 0.5) is 5.69 Å². The number of aromatic nitrogens is 1. The summed E-state index contributed by atoms with van der Waals surface area (Å²) < 4.78 is 27.5. The molecule has 0 aliphatic carbocycles. The van der Waals surface area contributed by atoms with Crippen molar-refractivity contribution in [3.8, 4) is 0 Å². The second kappa shape index (κ2) is 5.29. The average Bonchev–Trinajstić information content (AvgIpc) is 2.14. The van der Waals surface area contributed by atoms with Crippen LogP contribution in [0.15, 0.2) is 18.3 Å². The maximum Gasteiger partial charge on any atom is 0.299 e. The van der Waals surface area contributed by atoms with Gasteiger partial charge in [-0.2, -0.15) is 13.1 Å². The highest BCUT2D eigenvalue weighted by molar-refractivity contribution is 7.90. The van der Waals surface area contributed by atoms with E-state index in [1.165, 1.54) is 18.3 Å². The summed E-state index contributed by atoms with van der Waals surface area (Å²) in [6.45, 7) is 2.28. The minimum absolute atomic E-state index is 0.241. The number of anilines is 1. The molecule has 84 valence electrons. The summed E-state index contributed by atoms with van der Waals surface area (Å²) >= 11 is 5.61. The third-order valence-electron chi connectivity index (χ3n) is 1.52. The van der Waals surface area contributed by atoms with Crippen molar-refractivity contribution in [3.63, 3.8) is 0 Å². The lowest BCUT2D eigenvalue weighted by Crippen LogP contribution is -2.30. The Labute approximate surface area is 94.0 Å². The van der Waals surface area contributed by atoms with Crippen molar-refractivity contribution >= 4 is 27.5 Å². The topological polar surface area (TPSA) is 71.1 Å². The molecule has 0 spiro atoms. The van der Waals surface area contributed by atoms with Crippen LogP contribution in [-0.4, -0.2) is 19.9 Å². The predicted molar refractivity (Wildman–Crippen MR) is 60.1 cm³/mol. The van der Waals surface area contributed by atoms with Gasteiger partial charge in [0.15, 0.2) is 0 Å². The van der Waals surface area contributed by atoms with E-state index in [1.54, 1.807) is 0 Å². The van der Waals surface area contributed by atoms with Gasteiger partial charge in [-0.05, 0) is 18.6 Å². The standard InChI is InChI=1S/C8H12ClN3O2S/c1-2-4-11-15(13,14)12-7-3-5-10-8(9)6-7/h3,5-6,11H,2,4H2,1H3,(H,10,12). The number of hydrogen-bond donors (Lipinski definition) is 2. The van der Waals surface area contributed by atoms with Crippen LogP contribution in [0.1, 0.15) is 13.3 Å². The van der Waals surface area contributed by atoms with E-state index in [9.17, 15) is 8.42 Å². The van der Waals surface area contributed by atoms with Gasteiger partial charge in [0.25, 0.3) is 10.2 Å². The SMILES string of the molecule is CCCNS(=O)(=O)Nc1ccnc(Cl)c1. The third kappa shape index (κ3) is 4.46. The largest absolute Gasteiger partial charge is 0.299 e. The Morgan fingerprint density at radius 1 is 1.53 bits per heavy atom. The van der Waals surface area contributed by atoms with Crippen LogP contribution in [0.3, 0.4) is 0 Å². The van der Waals surface area contributed by atoms with Gasteiger partial charge in [0.05, 0.1) is 5.69 Å². The maximum absolute atomic E-state index is 11.4. The van der Waals surface area contributed by atoms with Crippen molar-refractivity contribution in [2.24, 2.45) is 0 Å². The fraction of sp³-hybridized carbons (Fsp3) is 0.375. The molecule has 0 aromatic carbocycles. The van der Waals surface area contributed by atoms with Crippen molar-refractivity contribution in [1.29, 1.82) is 0 Å². The Morgan fingerprint density at radius 3 is 2.87 bits per heavy atom. The smallest absolute Gasteiger partial charge is 0.271 e. The average molecular weight is 250 g/mol. The van der Waals surface area contributed by atoms with E-state index in [0.717, 1.165) is 6.42 Å². The minimum Gasteiger partial charge on any atom is -0.271 e. The van der Waals surface area contributed by atoms with Gasteiger partial charge in [0.1, 0.15) is 5.15 Å². The van der Waals surface area contributed by atoms with Gasteiger partial charge in [-0.3, -0.25) is 4.72 Å². The highest BCUT2D eigenvalue weighted by atomic mass is 35.5. The van der Waals surface area contributed by atoms with E-state index in [-0.39, 0.29) is 5.15 Å². The Kier molecular flexibility index (Phi) is 4.31. The van der Waals surface area contributed by atoms with Gasteiger partial charge in [0, 0.05) is 12.7 Å². The first kappa shape index (κ1) is 12.2. The molecule has 1 heterocycles. The summed E-state index contributed by atoms with van der Waals surface area (Å²) in [5.41, 5.74) is 0.388. The summed E-state index contributed by atoms with van der Waals surface area (Å²) in [6.07, 6.45) is 2.16. The summed E-state index contributed by atoms with van der Waals surface area (Å²) in [5, 5.41) is 0.241. The molecule has 0 saturated heterocycles. The molecule has 0 aliphatic rings. The molecule has 0 fully saturated rings. The number of nitrogens with zero attached hydrogens (tertiary/aromatic N) is 1. The lowest BCUT2D eigenvalue weighted by atomic mass is 10.4. The molecule has 0 aliphatic heterocycles. The summed E-state index contributed by atoms with van der Waals surface area (Å²) in [7, 11) is -3.50. The summed E-state index contributed by atoms with van der Waals surface area (Å²) in [6, 6.07) is 2.96. The molecule has 0 atom stereocenters. The molecule has 15 heavy (non-hydrogen) atoms. The minimum atomic E-state index is -3.50. The molecule has 0 saturated carbocycles. The number of hydrogen-bond acceptors (Lipinski definition) is 3. The first-order valence-corrected chi connectivity index (χ1v) is 6.28. The fourth-order valence-electron chi connectivity index (χ4n) is 0.894. The van der Waals surface area contributed by atoms with E-state index >= 15 is 0 Å². The predicted octanol–water partition coefficient (Wildman–Crippen LogP) is 1.39. The van der Waals surface area contributed by atoms with Crippen molar-refractivity contribution < 1.29 is 8.42 Å². The molecule has 0 radical (unpaired) electrons. The van der Waals surface area contributed by atoms with Crippen LogP contribution in [0, 0.1) is 0 Å². The number of pyridine rings is 1. The van der Waals surface area contributed by atoms with Crippen molar-refractivity contribution in [2.75, 3.05) is 11.3 Å². The Hall–Kier alpha value is -0.850. The van der Waals surface area contributed by atoms with E-state index in [2.05, 4.69) is 14.4 Å². The van der Waals surface area contributed by atoms with Gasteiger partial charge in [-0.15, -0.1) is 0 Å². The van der Waals surface area contributed by atoms with Crippen molar-refractivity contribution in [3.05, 3.63) is 23.5 Å². The number of halogens is 1. The molecule has 2 N–H and O–H groups in total. The molecule has 1 aromatic heterocycles. The molecule has 5 nitrogen and oxygen atoms in total. The quantitative estimate of drug-likeness (QED) is 0.775. The second-order valence-electron chi connectivity index (χ2n) is 2.87. The Balaban J connectivity index is 2.69. The lowest BCUT2D eigenvalue weighted by Gasteiger charge is -2.08. The first-order valence-electron chi connectivity index (χ1n) is 4.42. The summed E-state index contributed by atoms with van der Waals surface area (Å²) in [4.78, 5) is 3.74. The fourth-order valence-corrected chi connectivity index (χ4v) is 2.05. The molecular weight excluding hydrogens is 238 g/mol. The van der Waals surface area contributed by atoms with E-state index < -0.39 is 10.2 Å². The molecule has 0 amide bonds. The van der Waals surface area contributed by atoms with E-state index in [4.69, 9.17) is 11.6 Å². The van der Waals surface area contributed by atoms with Gasteiger partial charge >= 0.3 is 0 Å². The van der Waals surface area contributed by atoms with E-state index in [1.807, 2.05) is 6.92 Å². The monoisotopic (exact) mass is 249 g/mol. The van der Waals surface area contributed by atoms with Crippen LogP contribution in [-0.2, 0) is 10.2 Å². The second-order valence-corrected chi connectivity index (χ2v) is 4.75. The lowest BCUT2D eigenvalue weighted by molar-refractivity contribution is 0.586. The van der Waals surface area contributed by atoms with Crippen LogP contribution in [0.2, 0.25) is 5.15 Å². The maximum atomic E-state index is 11.4. The van der Waals surface area contributed by atoms with Crippen LogP contribution < -0.4 is 9.44 Å². The Morgan fingerprint density at radius 2 is 2.27 bits per heavy atom. The van der Waals surface area contributed by atoms with Gasteiger partial charge in [-0.25, -0.2) is 4.98 Å². The normalized spacial score (nSPS) is 11.3. The number of nitrogens with one attached hydrogen (secondary N) is 2. The Bertz CT molecular complexity index is 422. The molecule has 0 unspecified atom stereocenters. The van der Waals surface area contributed by atoms with Crippen molar-refractivity contribution in [2.45, 2.75) is 13.3 Å². The van der Waals surface area contributed by atoms with Gasteiger partial charge in [0.2, 0.25) is 0 Å². The molecular formula is C8H12ClN3O2S. The third-order valence-corrected chi connectivity index (χ3v) is 2.82. The van der Waals surface area contributed by atoms with Crippen molar-refractivity contribution in [1.82, 2.24) is 9.71 Å². The van der Waals surface area contributed by atoms with Crippen LogP contribution in [0.5, 0.6) is 0 Å². The zero-order valence-electron chi connectivity index (χ0n) is 8.20. The van der Waals surface area contributed by atoms with Crippen LogP contribution >= 0.6 is 11.6 Å². The number of rotatable bonds is 5. The molecule has 0 bridgehead atoms. The first-order chi connectivity index (χ1) is 7.03. The zero-order valence-corrected chi connectivity index (χ0v) is 9.77. The molecule has 1 aromatic rings. The van der Waals surface area contributed by atoms with E-state index in [0.29, 0.717) is 12.2 Å². The summed E-state index contributed by atoms with van der Waals surface area (Å²) in [5.74, 6) is 0. The molecule has 1 rings (SSSR count). The highest BCUT2D eigenvalue weighted by Crippen LogP contribution is 2.12. The highest BCUT2D eigenvalue weighted by Gasteiger charge is 2.08. The zero-order chi connectivity index (χ0) is 11.3. The molecule has 7 heteroatoms. The van der Waals surface area contributed by atoms with Crippen LogP contribution in [0.25, 0.3) is 0 Å². The van der Waals surface area contributed by atoms with Gasteiger partial charge in [-0.1, -0.05) is 18.5 Å². The van der Waals surface area contributed by atoms with Gasteiger partial charge < -0.3 is 0 Å².